The Bertz CT molecular complexity index is 388. The van der Waals surface area contributed by atoms with E-state index in [9.17, 15) is 5.11 Å². The van der Waals surface area contributed by atoms with Crippen LogP contribution in [0.25, 0.3) is 0 Å². The normalized spacial score (nSPS) is 14.2. The summed E-state index contributed by atoms with van der Waals surface area (Å²) in [7, 11) is 0. The van der Waals surface area contributed by atoms with Gasteiger partial charge in [-0.25, -0.2) is 4.98 Å². The van der Waals surface area contributed by atoms with E-state index in [1.807, 2.05) is 6.20 Å². The molecule has 0 saturated carbocycles. The van der Waals surface area contributed by atoms with Crippen LogP contribution in [0, 0.1) is 6.92 Å². The summed E-state index contributed by atoms with van der Waals surface area (Å²) in [6.07, 6.45) is 4.05. The van der Waals surface area contributed by atoms with Crippen LogP contribution in [0.2, 0.25) is 0 Å². The first-order valence-electron chi connectivity index (χ1n) is 7.42. The molecule has 1 aromatic heterocycles. The van der Waals surface area contributed by atoms with Gasteiger partial charge in [-0.15, -0.1) is 0 Å². The molecule has 0 saturated heterocycles. The van der Waals surface area contributed by atoms with Crippen LogP contribution in [0.15, 0.2) is 12.3 Å². The van der Waals surface area contributed by atoms with Gasteiger partial charge in [-0.1, -0.05) is 26.8 Å². The van der Waals surface area contributed by atoms with Crippen LogP contribution in [0.3, 0.4) is 0 Å². The van der Waals surface area contributed by atoms with E-state index in [2.05, 4.69) is 50.6 Å². The number of nitrogens with zero attached hydrogens (tertiary/aromatic N) is 2. The largest absolute Gasteiger partial charge is 0.394 e. The summed E-state index contributed by atoms with van der Waals surface area (Å²) in [5.41, 5.74) is 2.50. The van der Waals surface area contributed by atoms with Crippen LogP contribution < -0.4 is 4.90 Å². The first-order valence-corrected chi connectivity index (χ1v) is 7.42. The van der Waals surface area contributed by atoms with Gasteiger partial charge in [-0.3, -0.25) is 0 Å². The second kappa shape index (κ2) is 7.49. The third-order valence-corrected chi connectivity index (χ3v) is 3.99. The van der Waals surface area contributed by atoms with Crippen molar-refractivity contribution in [3.63, 3.8) is 0 Å². The monoisotopic (exact) mass is 264 g/mol. The van der Waals surface area contributed by atoms with Crippen molar-refractivity contribution in [1.29, 1.82) is 0 Å². The molecular formula is C16H28N2O. The fourth-order valence-corrected chi connectivity index (χ4v) is 2.42. The Morgan fingerprint density at radius 2 is 1.95 bits per heavy atom. The average molecular weight is 264 g/mol. The predicted octanol–water partition coefficient (Wildman–Crippen LogP) is 3.50. The van der Waals surface area contributed by atoms with Crippen molar-refractivity contribution in [3.8, 4) is 0 Å². The Balaban J connectivity index is 3.05. The number of likely N-dealkylation sites (N-methyl/N-ethyl adjacent to an activating group) is 1. The lowest BCUT2D eigenvalue weighted by molar-refractivity contribution is 0.256. The molecular weight excluding hydrogens is 236 g/mol. The van der Waals surface area contributed by atoms with Crippen molar-refractivity contribution >= 4 is 5.82 Å². The molecule has 1 unspecified atom stereocenters. The number of pyridine rings is 1. The topological polar surface area (TPSA) is 36.4 Å². The van der Waals surface area contributed by atoms with E-state index in [-0.39, 0.29) is 12.6 Å². The molecule has 0 spiro atoms. The van der Waals surface area contributed by atoms with E-state index in [0.29, 0.717) is 5.92 Å². The highest BCUT2D eigenvalue weighted by Gasteiger charge is 2.18. The van der Waals surface area contributed by atoms with Gasteiger partial charge in [0.05, 0.1) is 12.6 Å². The minimum absolute atomic E-state index is 0.158. The van der Waals surface area contributed by atoms with Crippen molar-refractivity contribution in [2.45, 2.75) is 59.4 Å². The number of aliphatic hydroxyl groups is 1. The van der Waals surface area contributed by atoms with Crippen LogP contribution in [-0.4, -0.2) is 29.3 Å². The van der Waals surface area contributed by atoms with Crippen LogP contribution in [-0.2, 0) is 0 Å². The van der Waals surface area contributed by atoms with E-state index >= 15 is 0 Å². The predicted molar refractivity (Wildman–Crippen MR) is 81.9 cm³/mol. The van der Waals surface area contributed by atoms with E-state index in [1.165, 1.54) is 11.1 Å². The highest BCUT2D eigenvalue weighted by molar-refractivity contribution is 5.48. The fourth-order valence-electron chi connectivity index (χ4n) is 2.42. The maximum atomic E-state index is 9.49. The molecule has 0 bridgehead atoms. The van der Waals surface area contributed by atoms with Crippen LogP contribution in [0.4, 0.5) is 5.82 Å². The standard InChI is InChI=1S/C16H28N2O/c1-6-12(4)14-9-13(5)16(17-10-14)18(8-3)15(7-2)11-19/h9-10,12,15,19H,6-8,11H2,1-5H3/t12?,15-/m1/s1. The maximum absolute atomic E-state index is 9.49. The molecule has 1 heterocycles. The maximum Gasteiger partial charge on any atom is 0.131 e. The molecule has 0 aliphatic heterocycles. The summed E-state index contributed by atoms with van der Waals surface area (Å²) < 4.78 is 0. The molecule has 19 heavy (non-hydrogen) atoms. The van der Waals surface area contributed by atoms with Crippen molar-refractivity contribution in [3.05, 3.63) is 23.4 Å². The lowest BCUT2D eigenvalue weighted by atomic mass is 9.99. The van der Waals surface area contributed by atoms with Crippen molar-refractivity contribution in [2.24, 2.45) is 0 Å². The van der Waals surface area contributed by atoms with Crippen LogP contribution >= 0.6 is 0 Å². The van der Waals surface area contributed by atoms with Gasteiger partial charge < -0.3 is 10.0 Å². The number of aliphatic hydroxyl groups excluding tert-OH is 1. The first kappa shape index (κ1) is 16.0. The van der Waals surface area contributed by atoms with E-state index < -0.39 is 0 Å². The van der Waals surface area contributed by atoms with Gasteiger partial charge in [-0.05, 0) is 43.7 Å². The van der Waals surface area contributed by atoms with E-state index in [4.69, 9.17) is 0 Å². The molecule has 2 atom stereocenters. The van der Waals surface area contributed by atoms with Gasteiger partial charge in [0, 0.05) is 12.7 Å². The number of hydrogen-bond donors (Lipinski definition) is 1. The molecule has 0 fully saturated rings. The Hall–Kier alpha value is -1.09. The number of rotatable bonds is 7. The van der Waals surface area contributed by atoms with Crippen molar-refractivity contribution in [2.75, 3.05) is 18.1 Å². The first-order chi connectivity index (χ1) is 9.08. The van der Waals surface area contributed by atoms with Crippen LogP contribution in [0.5, 0.6) is 0 Å². The van der Waals surface area contributed by atoms with Gasteiger partial charge in [-0.2, -0.15) is 0 Å². The summed E-state index contributed by atoms with van der Waals surface area (Å²) in [5, 5.41) is 9.49. The molecule has 3 nitrogen and oxygen atoms in total. The molecule has 0 radical (unpaired) electrons. The summed E-state index contributed by atoms with van der Waals surface area (Å²) in [6.45, 7) is 11.8. The minimum Gasteiger partial charge on any atom is -0.394 e. The smallest absolute Gasteiger partial charge is 0.131 e. The quantitative estimate of drug-likeness (QED) is 0.819. The highest BCUT2D eigenvalue weighted by atomic mass is 16.3. The zero-order chi connectivity index (χ0) is 14.4. The zero-order valence-electron chi connectivity index (χ0n) is 13.0. The molecule has 1 N–H and O–H groups in total. The van der Waals surface area contributed by atoms with Crippen LogP contribution in [0.1, 0.15) is 57.6 Å². The van der Waals surface area contributed by atoms with Gasteiger partial charge in [0.2, 0.25) is 0 Å². The lowest BCUT2D eigenvalue weighted by Crippen LogP contribution is -2.38. The van der Waals surface area contributed by atoms with Gasteiger partial charge in [0.1, 0.15) is 5.82 Å². The van der Waals surface area contributed by atoms with E-state index in [1.54, 1.807) is 0 Å². The average Bonchev–Trinajstić information content (AvgIpc) is 2.44. The molecule has 0 aliphatic rings. The van der Waals surface area contributed by atoms with Crippen molar-refractivity contribution < 1.29 is 5.11 Å². The zero-order valence-corrected chi connectivity index (χ0v) is 13.0. The summed E-state index contributed by atoms with van der Waals surface area (Å²) >= 11 is 0. The van der Waals surface area contributed by atoms with E-state index in [0.717, 1.165) is 25.2 Å². The third-order valence-electron chi connectivity index (χ3n) is 3.99. The number of hydrogen-bond acceptors (Lipinski definition) is 3. The summed E-state index contributed by atoms with van der Waals surface area (Å²) in [6, 6.07) is 2.40. The molecule has 0 aromatic carbocycles. The molecule has 1 rings (SSSR count). The number of anilines is 1. The van der Waals surface area contributed by atoms with Gasteiger partial charge >= 0.3 is 0 Å². The molecule has 108 valence electrons. The second-order valence-electron chi connectivity index (χ2n) is 5.25. The molecule has 0 aliphatic carbocycles. The molecule has 0 amide bonds. The number of aryl methyl sites for hydroxylation is 1. The van der Waals surface area contributed by atoms with Gasteiger partial charge in [0.15, 0.2) is 0 Å². The Morgan fingerprint density at radius 3 is 2.37 bits per heavy atom. The fraction of sp³-hybridized carbons (Fsp3) is 0.688. The molecule has 1 aromatic rings. The third kappa shape index (κ3) is 3.69. The molecule has 3 heteroatoms. The Kier molecular flexibility index (Phi) is 6.29. The van der Waals surface area contributed by atoms with Gasteiger partial charge in [0.25, 0.3) is 0 Å². The Labute approximate surface area is 117 Å². The Morgan fingerprint density at radius 1 is 1.26 bits per heavy atom. The highest BCUT2D eigenvalue weighted by Crippen LogP contribution is 2.25. The minimum atomic E-state index is 0.158. The number of aromatic nitrogens is 1. The SMILES string of the molecule is CCC(C)c1cnc(N(CC)[C@H](CC)CO)c(C)c1. The summed E-state index contributed by atoms with van der Waals surface area (Å²) in [5.74, 6) is 1.56. The lowest BCUT2D eigenvalue weighted by Gasteiger charge is -2.31. The second-order valence-corrected chi connectivity index (χ2v) is 5.25. The summed E-state index contributed by atoms with van der Waals surface area (Å²) in [4.78, 5) is 6.85. The van der Waals surface area contributed by atoms with Crippen molar-refractivity contribution in [1.82, 2.24) is 4.98 Å².